The number of hydrogen-bond donors (Lipinski definition) is 3. The van der Waals surface area contributed by atoms with Crippen molar-refractivity contribution in [2.45, 2.75) is 30.6 Å². The lowest BCUT2D eigenvalue weighted by atomic mass is 10.1. The Bertz CT molecular complexity index is 1490. The molecule has 0 radical (unpaired) electrons. The Labute approximate surface area is 206 Å². The van der Waals surface area contributed by atoms with Crippen LogP contribution in [0.2, 0.25) is 0 Å². The topological polar surface area (TPSA) is 144 Å². The van der Waals surface area contributed by atoms with Gasteiger partial charge in [-0.25, -0.2) is 14.4 Å². The first-order valence-electron chi connectivity index (χ1n) is 11.2. The standard InChI is InChI=1S/C23H24FN7O4S/c1-13-20-22(30-29-13)27-21(28-23(20)35-18-8-9-25-12-17(18)24)14-3-5-15(6-4-14)31-36(32,33)19-11-16(34-2)7-10-26-19/h3-7,10-11,17-18,25,31H,8-9,12H2,1-2H3,(H,27,28,29,30)/t17-,18+/m0/s1. The van der Waals surface area contributed by atoms with Crippen molar-refractivity contribution in [2.24, 2.45) is 0 Å². The maximum atomic E-state index is 14.4. The number of anilines is 1. The van der Waals surface area contributed by atoms with Crippen LogP contribution < -0.4 is 19.5 Å². The maximum absolute atomic E-state index is 14.4. The van der Waals surface area contributed by atoms with Crippen LogP contribution in [0.1, 0.15) is 12.1 Å². The Morgan fingerprint density at radius 1 is 1.17 bits per heavy atom. The largest absolute Gasteiger partial charge is 0.497 e. The van der Waals surface area contributed by atoms with Crippen LogP contribution in [0.15, 0.2) is 47.6 Å². The van der Waals surface area contributed by atoms with E-state index in [-0.39, 0.29) is 17.5 Å². The van der Waals surface area contributed by atoms with Gasteiger partial charge in [0.2, 0.25) is 5.88 Å². The predicted molar refractivity (Wildman–Crippen MR) is 130 cm³/mol. The Kier molecular flexibility index (Phi) is 6.41. The molecule has 3 N–H and O–H groups in total. The summed E-state index contributed by atoms with van der Waals surface area (Å²) in [5.41, 5.74) is 2.04. The summed E-state index contributed by atoms with van der Waals surface area (Å²) in [6.45, 7) is 2.69. The molecule has 1 aliphatic heterocycles. The molecule has 5 rings (SSSR count). The monoisotopic (exact) mass is 513 g/mol. The number of aryl methyl sites for hydroxylation is 1. The summed E-state index contributed by atoms with van der Waals surface area (Å²) in [6, 6.07) is 9.40. The first-order valence-corrected chi connectivity index (χ1v) is 12.7. The van der Waals surface area contributed by atoms with E-state index < -0.39 is 22.3 Å². The van der Waals surface area contributed by atoms with Gasteiger partial charge in [0.1, 0.15) is 23.4 Å². The number of nitrogens with one attached hydrogen (secondary N) is 3. The normalized spacial score (nSPS) is 18.2. The van der Waals surface area contributed by atoms with Crippen molar-refractivity contribution < 1.29 is 22.3 Å². The Hall–Kier alpha value is -3.84. The predicted octanol–water partition coefficient (Wildman–Crippen LogP) is 2.61. The molecule has 0 amide bonds. The second-order valence-electron chi connectivity index (χ2n) is 8.28. The summed E-state index contributed by atoms with van der Waals surface area (Å²) < 4.78 is 53.4. The number of aromatic amines is 1. The zero-order valence-electron chi connectivity index (χ0n) is 19.5. The third kappa shape index (κ3) is 4.79. The SMILES string of the molecule is COc1ccnc(S(=O)(=O)Nc2ccc(-c3nc(O[C@@H]4CCNC[C@@H]4F)c4c(C)[nH]nc4n3)cc2)c1. The Morgan fingerprint density at radius 3 is 2.72 bits per heavy atom. The van der Waals surface area contributed by atoms with E-state index >= 15 is 0 Å². The molecular weight excluding hydrogens is 489 g/mol. The molecule has 0 unspecified atom stereocenters. The third-order valence-corrected chi connectivity index (χ3v) is 7.06. The van der Waals surface area contributed by atoms with Crippen molar-refractivity contribution in [1.82, 2.24) is 30.5 Å². The first kappa shape index (κ1) is 23.9. The fourth-order valence-electron chi connectivity index (χ4n) is 3.88. The molecule has 3 aromatic heterocycles. The number of piperidine rings is 1. The Morgan fingerprint density at radius 2 is 1.97 bits per heavy atom. The van der Waals surface area contributed by atoms with Crippen LogP contribution in [0.5, 0.6) is 11.6 Å². The van der Waals surface area contributed by atoms with Crippen molar-refractivity contribution in [3.8, 4) is 23.0 Å². The molecule has 0 aliphatic carbocycles. The summed E-state index contributed by atoms with van der Waals surface area (Å²) in [6.07, 6.45) is 0.0740. The number of H-pyrrole nitrogens is 1. The van der Waals surface area contributed by atoms with Crippen LogP contribution in [0, 0.1) is 6.92 Å². The second kappa shape index (κ2) is 9.66. The molecule has 11 nitrogen and oxygen atoms in total. The highest BCUT2D eigenvalue weighted by atomic mass is 32.2. The molecule has 0 spiro atoms. The van der Waals surface area contributed by atoms with Crippen LogP contribution in [-0.4, -0.2) is 66.0 Å². The molecule has 1 aromatic carbocycles. The van der Waals surface area contributed by atoms with E-state index in [0.717, 1.165) is 0 Å². The molecule has 1 aliphatic rings. The van der Waals surface area contributed by atoms with Crippen LogP contribution in [0.25, 0.3) is 22.4 Å². The highest BCUT2D eigenvalue weighted by Crippen LogP contribution is 2.30. The van der Waals surface area contributed by atoms with E-state index in [1.165, 1.54) is 19.4 Å². The zero-order chi connectivity index (χ0) is 25.3. The van der Waals surface area contributed by atoms with Gasteiger partial charge < -0.3 is 14.8 Å². The minimum Gasteiger partial charge on any atom is -0.497 e. The Balaban J connectivity index is 1.42. The van der Waals surface area contributed by atoms with Gasteiger partial charge in [-0.15, -0.1) is 0 Å². The van der Waals surface area contributed by atoms with E-state index in [2.05, 4.69) is 35.2 Å². The van der Waals surface area contributed by atoms with Gasteiger partial charge in [0.15, 0.2) is 16.5 Å². The lowest BCUT2D eigenvalue weighted by molar-refractivity contribution is 0.0707. The van der Waals surface area contributed by atoms with Gasteiger partial charge in [-0.3, -0.25) is 9.82 Å². The number of aromatic nitrogens is 5. The van der Waals surface area contributed by atoms with Gasteiger partial charge in [0.05, 0.1) is 7.11 Å². The van der Waals surface area contributed by atoms with E-state index in [9.17, 15) is 12.8 Å². The summed E-state index contributed by atoms with van der Waals surface area (Å²) >= 11 is 0. The number of benzene rings is 1. The summed E-state index contributed by atoms with van der Waals surface area (Å²) in [5.74, 6) is 0.949. The molecule has 2 atom stereocenters. The molecule has 1 saturated heterocycles. The van der Waals surface area contributed by atoms with Gasteiger partial charge in [-0.1, -0.05) is 0 Å². The molecule has 188 valence electrons. The van der Waals surface area contributed by atoms with Gasteiger partial charge in [-0.2, -0.15) is 18.5 Å². The van der Waals surface area contributed by atoms with E-state index in [1.54, 1.807) is 30.3 Å². The fourth-order valence-corrected chi connectivity index (χ4v) is 4.90. The smallest absolute Gasteiger partial charge is 0.279 e. The molecule has 1 fully saturated rings. The van der Waals surface area contributed by atoms with Crippen molar-refractivity contribution in [3.63, 3.8) is 0 Å². The summed E-state index contributed by atoms with van der Waals surface area (Å²) in [4.78, 5) is 13.0. The lowest BCUT2D eigenvalue weighted by Gasteiger charge is -2.27. The molecule has 4 aromatic rings. The average Bonchev–Trinajstić information content (AvgIpc) is 3.26. The third-order valence-electron chi connectivity index (χ3n) is 5.79. The summed E-state index contributed by atoms with van der Waals surface area (Å²) in [7, 11) is -2.48. The lowest BCUT2D eigenvalue weighted by Crippen LogP contribution is -2.44. The van der Waals surface area contributed by atoms with Crippen LogP contribution in [-0.2, 0) is 10.0 Å². The highest BCUT2D eigenvalue weighted by molar-refractivity contribution is 7.92. The number of halogens is 1. The van der Waals surface area contributed by atoms with Crippen molar-refractivity contribution in [3.05, 3.63) is 48.3 Å². The minimum absolute atomic E-state index is 0.167. The number of pyridine rings is 1. The van der Waals surface area contributed by atoms with Gasteiger partial charge in [0.25, 0.3) is 10.0 Å². The minimum atomic E-state index is -3.92. The molecule has 4 heterocycles. The van der Waals surface area contributed by atoms with Crippen molar-refractivity contribution in [2.75, 3.05) is 24.9 Å². The highest BCUT2D eigenvalue weighted by Gasteiger charge is 2.28. The molecule has 0 bridgehead atoms. The van der Waals surface area contributed by atoms with Crippen LogP contribution in [0.4, 0.5) is 10.1 Å². The average molecular weight is 514 g/mol. The van der Waals surface area contributed by atoms with E-state index in [4.69, 9.17) is 9.47 Å². The van der Waals surface area contributed by atoms with Gasteiger partial charge in [-0.05, 0) is 50.2 Å². The van der Waals surface area contributed by atoms with Crippen molar-refractivity contribution in [1.29, 1.82) is 0 Å². The number of nitrogens with zero attached hydrogens (tertiary/aromatic N) is 4. The van der Waals surface area contributed by atoms with E-state index in [1.807, 2.05) is 6.92 Å². The number of alkyl halides is 1. The molecular formula is C23H24FN7O4S. The maximum Gasteiger partial charge on any atom is 0.279 e. The number of hydrogen-bond acceptors (Lipinski definition) is 9. The van der Waals surface area contributed by atoms with E-state index in [0.29, 0.717) is 52.5 Å². The van der Waals surface area contributed by atoms with Crippen LogP contribution in [0.3, 0.4) is 0 Å². The fraction of sp³-hybridized carbons (Fsp3) is 0.304. The first-order chi connectivity index (χ1) is 17.3. The van der Waals surface area contributed by atoms with Crippen molar-refractivity contribution >= 4 is 26.7 Å². The zero-order valence-corrected chi connectivity index (χ0v) is 20.3. The molecule has 36 heavy (non-hydrogen) atoms. The number of ether oxygens (including phenoxy) is 2. The molecule has 0 saturated carbocycles. The number of rotatable bonds is 7. The van der Waals surface area contributed by atoms with Crippen LogP contribution >= 0.6 is 0 Å². The van der Waals surface area contributed by atoms with Gasteiger partial charge in [0, 0.05) is 35.8 Å². The van der Waals surface area contributed by atoms with Gasteiger partial charge >= 0.3 is 0 Å². The summed E-state index contributed by atoms with van der Waals surface area (Å²) in [5, 5.41) is 10.5. The number of methoxy groups -OCH3 is 1. The second-order valence-corrected chi connectivity index (χ2v) is 9.91. The number of fused-ring (bicyclic) bond motifs is 1. The number of sulfonamides is 1. The quantitative estimate of drug-likeness (QED) is 0.340. The molecule has 13 heteroatoms.